The van der Waals surface area contributed by atoms with Crippen molar-refractivity contribution in [1.82, 2.24) is 0 Å². The van der Waals surface area contributed by atoms with Crippen molar-refractivity contribution in [1.29, 1.82) is 0 Å². The lowest BCUT2D eigenvalue weighted by Crippen LogP contribution is -2.35. The zero-order valence-corrected chi connectivity index (χ0v) is 14.3. The summed E-state index contributed by atoms with van der Waals surface area (Å²) in [5.74, 6) is -1.60. The molecule has 1 fully saturated rings. The molecule has 0 atom stereocenters. The summed E-state index contributed by atoms with van der Waals surface area (Å²) in [7, 11) is 0. The van der Waals surface area contributed by atoms with Crippen molar-refractivity contribution < 1.29 is 19.7 Å². The first-order chi connectivity index (χ1) is 10.7. The molecule has 0 aromatic heterocycles. The Hall–Kier alpha value is -0.610. The molecule has 0 saturated heterocycles. The summed E-state index contributed by atoms with van der Waals surface area (Å²) in [4.78, 5) is 21.3. The van der Waals surface area contributed by atoms with Gasteiger partial charge in [-0.2, -0.15) is 0 Å². The first-order valence-electron chi connectivity index (χ1n) is 9.27. The van der Waals surface area contributed by atoms with Gasteiger partial charge in [0.05, 0.1) is 0 Å². The van der Waals surface area contributed by atoms with Gasteiger partial charge >= 0.3 is 5.97 Å². The average Bonchev–Trinajstić information content (AvgIpc) is 2.52. The quantitative estimate of drug-likeness (QED) is 0.237. The SMILES string of the molecule is CCCCCCCCCCCC(=O)OOC1(O)CCCCC1. The minimum atomic E-state index is -1.24. The lowest BCUT2D eigenvalue weighted by atomic mass is 9.95. The predicted octanol–water partition coefficient (Wildman–Crippen LogP) is 5.03. The molecular weight excluding hydrogens is 280 g/mol. The second-order valence-electron chi connectivity index (χ2n) is 6.62. The second-order valence-corrected chi connectivity index (χ2v) is 6.62. The van der Waals surface area contributed by atoms with Crippen molar-refractivity contribution in [3.05, 3.63) is 0 Å². The summed E-state index contributed by atoms with van der Waals surface area (Å²) < 4.78 is 0. The van der Waals surface area contributed by atoms with Crippen LogP contribution >= 0.6 is 0 Å². The molecule has 1 saturated carbocycles. The first kappa shape index (κ1) is 19.4. The van der Waals surface area contributed by atoms with Crippen molar-refractivity contribution in [2.24, 2.45) is 0 Å². The monoisotopic (exact) mass is 314 g/mol. The first-order valence-corrected chi connectivity index (χ1v) is 9.27. The maximum Gasteiger partial charge on any atom is 0.342 e. The van der Waals surface area contributed by atoms with Gasteiger partial charge in [0.1, 0.15) is 0 Å². The highest BCUT2D eigenvalue weighted by Crippen LogP contribution is 2.29. The highest BCUT2D eigenvalue weighted by atomic mass is 17.2. The molecule has 130 valence electrons. The molecule has 1 N–H and O–H groups in total. The van der Waals surface area contributed by atoms with Crippen LogP contribution in [0.3, 0.4) is 0 Å². The molecule has 0 aliphatic heterocycles. The van der Waals surface area contributed by atoms with Crippen LogP contribution in [0.5, 0.6) is 0 Å². The lowest BCUT2D eigenvalue weighted by Gasteiger charge is -2.29. The van der Waals surface area contributed by atoms with E-state index in [0.29, 0.717) is 19.3 Å². The molecule has 22 heavy (non-hydrogen) atoms. The van der Waals surface area contributed by atoms with Gasteiger partial charge in [0, 0.05) is 19.3 Å². The molecule has 0 aromatic carbocycles. The van der Waals surface area contributed by atoms with Crippen molar-refractivity contribution in [3.63, 3.8) is 0 Å². The van der Waals surface area contributed by atoms with Crippen molar-refractivity contribution >= 4 is 5.97 Å². The molecule has 0 radical (unpaired) electrons. The van der Waals surface area contributed by atoms with Gasteiger partial charge in [-0.1, -0.05) is 64.7 Å². The van der Waals surface area contributed by atoms with Gasteiger partial charge in [-0.25, -0.2) is 4.79 Å². The summed E-state index contributed by atoms with van der Waals surface area (Å²) in [6, 6.07) is 0. The third-order valence-electron chi connectivity index (χ3n) is 4.41. The topological polar surface area (TPSA) is 55.8 Å². The van der Waals surface area contributed by atoms with E-state index in [1.807, 2.05) is 0 Å². The molecule has 1 rings (SSSR count). The molecule has 0 heterocycles. The number of unbranched alkanes of at least 4 members (excludes halogenated alkanes) is 8. The Labute approximate surface area is 135 Å². The van der Waals surface area contributed by atoms with E-state index < -0.39 is 5.79 Å². The number of carbonyl (C=O) groups is 1. The molecule has 1 aliphatic rings. The van der Waals surface area contributed by atoms with Gasteiger partial charge < -0.3 is 5.11 Å². The lowest BCUT2D eigenvalue weighted by molar-refractivity contribution is -0.400. The van der Waals surface area contributed by atoms with Crippen molar-refractivity contribution in [3.8, 4) is 0 Å². The van der Waals surface area contributed by atoms with Gasteiger partial charge in [-0.15, -0.1) is 4.89 Å². The van der Waals surface area contributed by atoms with E-state index in [-0.39, 0.29) is 5.97 Å². The summed E-state index contributed by atoms with van der Waals surface area (Å²) >= 11 is 0. The van der Waals surface area contributed by atoms with E-state index in [0.717, 1.165) is 32.1 Å². The average molecular weight is 314 g/mol. The number of hydrogen-bond donors (Lipinski definition) is 1. The van der Waals surface area contributed by atoms with Crippen LogP contribution in [0.2, 0.25) is 0 Å². The van der Waals surface area contributed by atoms with E-state index in [2.05, 4.69) is 6.92 Å². The van der Waals surface area contributed by atoms with Crippen LogP contribution in [0.1, 0.15) is 103 Å². The fraction of sp³-hybridized carbons (Fsp3) is 0.944. The Morgan fingerprint density at radius 1 is 0.909 bits per heavy atom. The highest BCUT2D eigenvalue weighted by Gasteiger charge is 2.32. The zero-order chi connectivity index (χ0) is 16.1. The molecule has 0 aromatic rings. The van der Waals surface area contributed by atoms with Crippen LogP contribution in [0, 0.1) is 0 Å². The molecular formula is C18H34O4. The standard InChI is InChI=1S/C18H34O4/c1-2-3-4-5-6-7-8-9-11-14-17(19)21-22-18(20)15-12-10-13-16-18/h20H,2-16H2,1H3. The maximum atomic E-state index is 11.6. The summed E-state index contributed by atoms with van der Waals surface area (Å²) in [5.41, 5.74) is 0. The normalized spacial score (nSPS) is 17.4. The van der Waals surface area contributed by atoms with Gasteiger partial charge in [0.15, 0.2) is 0 Å². The fourth-order valence-electron chi connectivity index (χ4n) is 2.93. The Morgan fingerprint density at radius 3 is 2.05 bits per heavy atom. The zero-order valence-electron chi connectivity index (χ0n) is 14.3. The Kier molecular flexibility index (Phi) is 10.5. The van der Waals surface area contributed by atoms with Crippen LogP contribution in [0.15, 0.2) is 0 Å². The Morgan fingerprint density at radius 2 is 1.45 bits per heavy atom. The molecule has 0 bridgehead atoms. The Balaban J connectivity index is 1.91. The number of carbonyl (C=O) groups excluding carboxylic acids is 1. The van der Waals surface area contributed by atoms with Gasteiger partial charge in [-0.05, 0) is 19.3 Å². The third-order valence-corrected chi connectivity index (χ3v) is 4.41. The second kappa shape index (κ2) is 11.9. The van der Waals surface area contributed by atoms with E-state index in [1.54, 1.807) is 0 Å². The molecule has 0 spiro atoms. The maximum absolute atomic E-state index is 11.6. The molecule has 0 amide bonds. The Bertz CT molecular complexity index is 285. The van der Waals surface area contributed by atoms with Gasteiger partial charge in [0.2, 0.25) is 5.79 Å². The van der Waals surface area contributed by atoms with E-state index in [1.165, 1.54) is 44.9 Å². The van der Waals surface area contributed by atoms with Crippen LogP contribution in [0.4, 0.5) is 0 Å². The smallest absolute Gasteiger partial charge is 0.342 e. The van der Waals surface area contributed by atoms with Crippen LogP contribution < -0.4 is 0 Å². The van der Waals surface area contributed by atoms with Crippen LogP contribution in [-0.4, -0.2) is 16.9 Å². The largest absolute Gasteiger partial charge is 0.362 e. The predicted molar refractivity (Wildman–Crippen MR) is 87.1 cm³/mol. The van der Waals surface area contributed by atoms with Crippen molar-refractivity contribution in [2.45, 2.75) is 109 Å². The van der Waals surface area contributed by atoms with Crippen LogP contribution in [-0.2, 0) is 14.6 Å². The molecule has 1 aliphatic carbocycles. The molecule has 0 unspecified atom stereocenters. The summed E-state index contributed by atoms with van der Waals surface area (Å²) in [5, 5.41) is 10.1. The molecule has 4 heteroatoms. The highest BCUT2D eigenvalue weighted by molar-refractivity contribution is 5.68. The molecule has 4 nitrogen and oxygen atoms in total. The fourth-order valence-corrected chi connectivity index (χ4v) is 2.93. The third kappa shape index (κ3) is 9.42. The van der Waals surface area contributed by atoms with Crippen molar-refractivity contribution in [2.75, 3.05) is 0 Å². The minimum Gasteiger partial charge on any atom is -0.362 e. The van der Waals surface area contributed by atoms with E-state index >= 15 is 0 Å². The number of rotatable bonds is 12. The summed E-state index contributed by atoms with van der Waals surface area (Å²) in [6.45, 7) is 2.23. The minimum absolute atomic E-state index is 0.359. The van der Waals surface area contributed by atoms with Gasteiger partial charge in [0.25, 0.3) is 0 Å². The number of hydrogen-bond acceptors (Lipinski definition) is 4. The van der Waals surface area contributed by atoms with E-state index in [4.69, 9.17) is 9.78 Å². The van der Waals surface area contributed by atoms with E-state index in [9.17, 15) is 9.90 Å². The van der Waals surface area contributed by atoms with Gasteiger partial charge in [-0.3, -0.25) is 4.89 Å². The number of aliphatic hydroxyl groups is 1. The summed E-state index contributed by atoms with van der Waals surface area (Å²) in [6.07, 6.45) is 15.4. The van der Waals surface area contributed by atoms with Crippen LogP contribution in [0.25, 0.3) is 0 Å².